The van der Waals surface area contributed by atoms with Crippen molar-refractivity contribution in [3.05, 3.63) is 28.8 Å². The zero-order valence-electron chi connectivity index (χ0n) is 15.5. The van der Waals surface area contributed by atoms with Crippen LogP contribution in [0.1, 0.15) is 49.9 Å². The summed E-state index contributed by atoms with van der Waals surface area (Å²) in [6.07, 6.45) is 2.58. The van der Waals surface area contributed by atoms with Crippen LogP contribution in [0.2, 0.25) is 5.02 Å². The summed E-state index contributed by atoms with van der Waals surface area (Å²) in [5.74, 6) is -1.20. The number of halogens is 1. The summed E-state index contributed by atoms with van der Waals surface area (Å²) in [4.78, 5) is 23.9. The Hall–Kier alpha value is -1.64. The van der Waals surface area contributed by atoms with Crippen LogP contribution in [0.4, 0.5) is 0 Å². The van der Waals surface area contributed by atoms with Crippen LogP contribution in [0, 0.1) is 0 Å². The summed E-state index contributed by atoms with van der Waals surface area (Å²) >= 11 is 6.12. The van der Waals surface area contributed by atoms with E-state index >= 15 is 0 Å². The first kappa shape index (κ1) is 21.7. The lowest BCUT2D eigenvalue weighted by Gasteiger charge is -2.21. The molecular weight excluding hydrogens is 392 g/mol. The van der Waals surface area contributed by atoms with Gasteiger partial charge in [0, 0.05) is 19.6 Å². The highest BCUT2D eigenvalue weighted by molar-refractivity contribution is 7.89. The van der Waals surface area contributed by atoms with Crippen LogP contribution < -0.4 is 5.32 Å². The van der Waals surface area contributed by atoms with Crippen molar-refractivity contribution in [3.63, 3.8) is 0 Å². The number of esters is 1. The van der Waals surface area contributed by atoms with E-state index in [9.17, 15) is 18.0 Å². The SMILES string of the molecule is CCNC(=O)[C@H](C)OC(=O)c1ccc(Cl)c(S(=O)(=O)N2CCCCCC2)c1. The smallest absolute Gasteiger partial charge is 0.338 e. The summed E-state index contributed by atoms with van der Waals surface area (Å²) in [5, 5.41) is 2.60. The fourth-order valence-electron chi connectivity index (χ4n) is 2.85. The molecule has 0 radical (unpaired) electrons. The van der Waals surface area contributed by atoms with Crippen molar-refractivity contribution in [1.82, 2.24) is 9.62 Å². The lowest BCUT2D eigenvalue weighted by Crippen LogP contribution is -2.35. The molecule has 150 valence electrons. The monoisotopic (exact) mass is 416 g/mol. The molecule has 0 saturated carbocycles. The molecule has 1 fully saturated rings. The summed E-state index contributed by atoms with van der Waals surface area (Å²) in [7, 11) is -3.81. The second kappa shape index (κ2) is 9.52. The van der Waals surface area contributed by atoms with Crippen molar-refractivity contribution in [2.45, 2.75) is 50.5 Å². The number of hydrogen-bond acceptors (Lipinski definition) is 5. The Kier molecular flexibility index (Phi) is 7.64. The van der Waals surface area contributed by atoms with Gasteiger partial charge in [0.1, 0.15) is 4.90 Å². The second-order valence-electron chi connectivity index (χ2n) is 6.41. The van der Waals surface area contributed by atoms with Gasteiger partial charge >= 0.3 is 5.97 Å². The van der Waals surface area contributed by atoms with E-state index in [4.69, 9.17) is 16.3 Å². The van der Waals surface area contributed by atoms with Crippen molar-refractivity contribution in [2.75, 3.05) is 19.6 Å². The summed E-state index contributed by atoms with van der Waals surface area (Å²) in [5.41, 5.74) is 0.0314. The van der Waals surface area contributed by atoms with Gasteiger partial charge in [-0.1, -0.05) is 24.4 Å². The number of rotatable bonds is 6. The average molecular weight is 417 g/mol. The predicted octanol–water partition coefficient (Wildman–Crippen LogP) is 2.59. The Bertz CT molecular complexity index is 789. The average Bonchev–Trinajstić information content (AvgIpc) is 2.92. The van der Waals surface area contributed by atoms with Gasteiger partial charge in [0.25, 0.3) is 5.91 Å². The Morgan fingerprint density at radius 2 is 1.85 bits per heavy atom. The number of sulfonamides is 1. The summed E-state index contributed by atoms with van der Waals surface area (Å²) in [6.45, 7) is 4.49. The first-order valence-electron chi connectivity index (χ1n) is 9.05. The molecule has 0 aliphatic carbocycles. The standard InChI is InChI=1S/C18H25ClN2O5S/c1-3-20-17(22)13(2)26-18(23)14-8-9-15(19)16(12-14)27(24,25)21-10-6-4-5-7-11-21/h8-9,12-13H,3-7,10-11H2,1-2H3,(H,20,22)/t13-/m0/s1. The normalized spacial score (nSPS) is 17.0. The maximum Gasteiger partial charge on any atom is 0.338 e. The molecule has 1 aliphatic heterocycles. The molecule has 1 heterocycles. The molecule has 0 spiro atoms. The van der Waals surface area contributed by atoms with Crippen LogP contribution in [-0.2, 0) is 19.6 Å². The molecule has 2 rings (SSSR count). The minimum absolute atomic E-state index is 0.0314. The van der Waals surface area contributed by atoms with E-state index in [0.717, 1.165) is 25.7 Å². The van der Waals surface area contributed by atoms with E-state index in [1.165, 1.54) is 29.4 Å². The minimum atomic E-state index is -3.81. The molecular formula is C18H25ClN2O5S. The maximum absolute atomic E-state index is 13.0. The largest absolute Gasteiger partial charge is 0.449 e. The van der Waals surface area contributed by atoms with Gasteiger partial charge in [0.2, 0.25) is 10.0 Å². The number of hydrogen-bond donors (Lipinski definition) is 1. The number of benzene rings is 1. The zero-order chi connectivity index (χ0) is 20.0. The highest BCUT2D eigenvalue weighted by atomic mass is 35.5. The quantitative estimate of drug-likeness (QED) is 0.719. The predicted molar refractivity (Wildman–Crippen MR) is 102 cm³/mol. The number of ether oxygens (including phenoxy) is 1. The van der Waals surface area contributed by atoms with Gasteiger partial charge in [-0.25, -0.2) is 13.2 Å². The Balaban J connectivity index is 2.24. The summed E-state index contributed by atoms with van der Waals surface area (Å²) in [6, 6.07) is 3.96. The molecule has 0 unspecified atom stereocenters. The number of carbonyl (C=O) groups excluding carboxylic acids is 2. The van der Waals surface area contributed by atoms with Gasteiger partial charge in [-0.15, -0.1) is 0 Å². The van der Waals surface area contributed by atoms with Crippen LogP contribution in [0.15, 0.2) is 23.1 Å². The van der Waals surface area contributed by atoms with Crippen molar-refractivity contribution in [1.29, 1.82) is 0 Å². The number of amides is 1. The lowest BCUT2D eigenvalue weighted by molar-refractivity contribution is -0.128. The number of carbonyl (C=O) groups is 2. The van der Waals surface area contributed by atoms with Crippen LogP contribution in [0.5, 0.6) is 0 Å². The number of nitrogens with one attached hydrogen (secondary N) is 1. The van der Waals surface area contributed by atoms with Crippen molar-refractivity contribution >= 4 is 33.5 Å². The third kappa shape index (κ3) is 5.43. The van der Waals surface area contributed by atoms with E-state index in [0.29, 0.717) is 19.6 Å². The lowest BCUT2D eigenvalue weighted by atomic mass is 10.2. The fourth-order valence-corrected chi connectivity index (χ4v) is 4.87. The second-order valence-corrected chi connectivity index (χ2v) is 8.72. The molecule has 0 aromatic heterocycles. The third-order valence-corrected chi connectivity index (χ3v) is 6.73. The van der Waals surface area contributed by atoms with Gasteiger partial charge in [0.15, 0.2) is 6.10 Å². The molecule has 1 aliphatic rings. The van der Waals surface area contributed by atoms with Gasteiger partial charge in [-0.3, -0.25) is 4.79 Å². The van der Waals surface area contributed by atoms with E-state index in [1.807, 2.05) is 0 Å². The van der Waals surface area contributed by atoms with E-state index in [-0.39, 0.29) is 15.5 Å². The Labute approximate surface area is 165 Å². The molecule has 27 heavy (non-hydrogen) atoms. The number of nitrogens with zero attached hydrogens (tertiary/aromatic N) is 1. The first-order chi connectivity index (χ1) is 12.8. The maximum atomic E-state index is 13.0. The van der Waals surface area contributed by atoms with Crippen LogP contribution >= 0.6 is 11.6 Å². The van der Waals surface area contributed by atoms with E-state index in [1.54, 1.807) is 6.92 Å². The molecule has 1 aromatic rings. The highest BCUT2D eigenvalue weighted by Crippen LogP contribution is 2.28. The Morgan fingerprint density at radius 3 is 2.44 bits per heavy atom. The van der Waals surface area contributed by atoms with Crippen molar-refractivity contribution < 1.29 is 22.7 Å². The minimum Gasteiger partial charge on any atom is -0.449 e. The van der Waals surface area contributed by atoms with Crippen LogP contribution in [0.25, 0.3) is 0 Å². The molecule has 0 bridgehead atoms. The van der Waals surface area contributed by atoms with Gasteiger partial charge < -0.3 is 10.1 Å². The van der Waals surface area contributed by atoms with Crippen LogP contribution in [-0.4, -0.2) is 50.3 Å². The van der Waals surface area contributed by atoms with Crippen molar-refractivity contribution in [3.8, 4) is 0 Å². The topological polar surface area (TPSA) is 92.8 Å². The van der Waals surface area contributed by atoms with E-state index < -0.39 is 28.0 Å². The molecule has 1 N–H and O–H groups in total. The number of likely N-dealkylation sites (N-methyl/N-ethyl adjacent to an activating group) is 1. The first-order valence-corrected chi connectivity index (χ1v) is 10.9. The molecule has 1 amide bonds. The molecule has 1 atom stereocenters. The van der Waals surface area contributed by atoms with Gasteiger partial charge in [0.05, 0.1) is 10.6 Å². The Morgan fingerprint density at radius 1 is 1.22 bits per heavy atom. The molecule has 9 heteroatoms. The molecule has 1 aromatic carbocycles. The zero-order valence-corrected chi connectivity index (χ0v) is 17.1. The van der Waals surface area contributed by atoms with Crippen LogP contribution in [0.3, 0.4) is 0 Å². The van der Waals surface area contributed by atoms with E-state index in [2.05, 4.69) is 5.32 Å². The van der Waals surface area contributed by atoms with Gasteiger partial charge in [-0.2, -0.15) is 4.31 Å². The third-order valence-electron chi connectivity index (χ3n) is 4.35. The highest BCUT2D eigenvalue weighted by Gasteiger charge is 2.29. The molecule has 1 saturated heterocycles. The molecule has 7 nitrogen and oxygen atoms in total. The summed E-state index contributed by atoms with van der Waals surface area (Å²) < 4.78 is 32.5. The van der Waals surface area contributed by atoms with Gasteiger partial charge in [-0.05, 0) is 44.9 Å². The van der Waals surface area contributed by atoms with Crippen molar-refractivity contribution in [2.24, 2.45) is 0 Å². The fraction of sp³-hybridized carbons (Fsp3) is 0.556.